The Kier molecular flexibility index (Phi) is 2.26. The highest BCUT2D eigenvalue weighted by Gasteiger charge is 2.28. The van der Waals surface area contributed by atoms with Crippen molar-refractivity contribution >= 4 is 17.3 Å². The molecule has 0 bridgehead atoms. The maximum absolute atomic E-state index is 10.9. The first-order chi connectivity index (χ1) is 7.11. The van der Waals surface area contributed by atoms with Crippen LogP contribution < -0.4 is 10.6 Å². The molecule has 4 nitrogen and oxygen atoms in total. The van der Waals surface area contributed by atoms with E-state index in [1.165, 1.54) is 0 Å². The van der Waals surface area contributed by atoms with Crippen LogP contribution in [0.2, 0.25) is 0 Å². The third-order valence-corrected chi connectivity index (χ3v) is 2.92. The fourth-order valence-corrected chi connectivity index (χ4v) is 2.02. The fraction of sp³-hybridized carbons (Fsp3) is 0.364. The third kappa shape index (κ3) is 1.52. The van der Waals surface area contributed by atoms with Crippen LogP contribution in [0.1, 0.15) is 12.5 Å². The first-order valence-corrected chi connectivity index (χ1v) is 4.98. The first kappa shape index (κ1) is 9.83. The number of carbonyl (C=O) groups is 1. The van der Waals surface area contributed by atoms with Crippen molar-refractivity contribution in [2.24, 2.45) is 0 Å². The lowest BCUT2D eigenvalue weighted by Gasteiger charge is -2.23. The Balaban J connectivity index is 2.37. The van der Waals surface area contributed by atoms with E-state index in [2.05, 4.69) is 0 Å². The van der Waals surface area contributed by atoms with E-state index in [4.69, 9.17) is 10.8 Å². The lowest BCUT2D eigenvalue weighted by atomic mass is 10.1. The molecule has 1 aliphatic heterocycles. The summed E-state index contributed by atoms with van der Waals surface area (Å²) in [4.78, 5) is 12.8. The Morgan fingerprint density at radius 2 is 2.33 bits per heavy atom. The topological polar surface area (TPSA) is 66.6 Å². The normalized spacial score (nSPS) is 16.2. The molecule has 4 heteroatoms. The average Bonchev–Trinajstić information content (AvgIpc) is 2.61. The van der Waals surface area contributed by atoms with Crippen LogP contribution in [-0.4, -0.2) is 23.7 Å². The molecule has 1 heterocycles. The number of anilines is 2. The molecule has 1 atom stereocenters. The van der Waals surface area contributed by atoms with Gasteiger partial charge < -0.3 is 15.7 Å². The molecular formula is C11H14N2O2. The van der Waals surface area contributed by atoms with Gasteiger partial charge in [-0.3, -0.25) is 0 Å². The number of hydrogen-bond acceptors (Lipinski definition) is 3. The van der Waals surface area contributed by atoms with Crippen molar-refractivity contribution in [1.29, 1.82) is 0 Å². The number of benzene rings is 1. The van der Waals surface area contributed by atoms with E-state index >= 15 is 0 Å². The summed E-state index contributed by atoms with van der Waals surface area (Å²) < 4.78 is 0. The number of nitrogen functional groups attached to an aromatic ring is 1. The molecule has 0 amide bonds. The fourth-order valence-electron chi connectivity index (χ4n) is 2.02. The number of rotatable bonds is 2. The maximum Gasteiger partial charge on any atom is 0.326 e. The van der Waals surface area contributed by atoms with Gasteiger partial charge in [-0.2, -0.15) is 0 Å². The summed E-state index contributed by atoms with van der Waals surface area (Å²) in [6.07, 6.45) is 0.833. The molecule has 0 saturated heterocycles. The highest BCUT2D eigenvalue weighted by molar-refractivity contribution is 5.80. The van der Waals surface area contributed by atoms with Crippen molar-refractivity contribution in [3.8, 4) is 0 Å². The minimum Gasteiger partial charge on any atom is -0.480 e. The van der Waals surface area contributed by atoms with E-state index in [0.717, 1.165) is 29.9 Å². The summed E-state index contributed by atoms with van der Waals surface area (Å²) in [7, 11) is 0. The molecule has 0 fully saturated rings. The summed E-state index contributed by atoms with van der Waals surface area (Å²) in [6, 6.07) is 5.15. The van der Waals surface area contributed by atoms with Crippen LogP contribution in [0.3, 0.4) is 0 Å². The van der Waals surface area contributed by atoms with Crippen LogP contribution in [0.25, 0.3) is 0 Å². The van der Waals surface area contributed by atoms with E-state index < -0.39 is 12.0 Å². The van der Waals surface area contributed by atoms with Gasteiger partial charge in [-0.1, -0.05) is 6.07 Å². The lowest BCUT2D eigenvalue weighted by molar-refractivity contribution is -0.138. The van der Waals surface area contributed by atoms with Gasteiger partial charge in [-0.15, -0.1) is 0 Å². The van der Waals surface area contributed by atoms with Gasteiger partial charge in [0.2, 0.25) is 0 Å². The van der Waals surface area contributed by atoms with E-state index in [0.29, 0.717) is 0 Å². The predicted octanol–water partition coefficient (Wildman–Crippen LogP) is 1.10. The van der Waals surface area contributed by atoms with Crippen molar-refractivity contribution in [2.75, 3.05) is 17.2 Å². The molecule has 15 heavy (non-hydrogen) atoms. The molecule has 0 aliphatic carbocycles. The van der Waals surface area contributed by atoms with E-state index in [1.807, 2.05) is 23.1 Å². The van der Waals surface area contributed by atoms with Crippen molar-refractivity contribution in [3.63, 3.8) is 0 Å². The second-order valence-electron chi connectivity index (χ2n) is 3.80. The average molecular weight is 206 g/mol. The van der Waals surface area contributed by atoms with Gasteiger partial charge in [-0.05, 0) is 25.5 Å². The molecular weight excluding hydrogens is 192 g/mol. The summed E-state index contributed by atoms with van der Waals surface area (Å²) in [5.41, 5.74) is 8.63. The van der Waals surface area contributed by atoms with E-state index in [1.54, 1.807) is 6.92 Å². The van der Waals surface area contributed by atoms with Crippen molar-refractivity contribution in [1.82, 2.24) is 0 Å². The Morgan fingerprint density at radius 1 is 1.60 bits per heavy atom. The minimum absolute atomic E-state index is 0.493. The number of carboxylic acids is 1. The standard InChI is InChI=1S/C11H14N2O2/c1-7(11(14)15)13-6-5-8-9(12)3-2-4-10(8)13/h2-4,7H,5-6,12H2,1H3,(H,14,15). The largest absolute Gasteiger partial charge is 0.480 e. The molecule has 1 aliphatic rings. The third-order valence-electron chi connectivity index (χ3n) is 2.92. The molecule has 2 rings (SSSR count). The highest BCUT2D eigenvalue weighted by Crippen LogP contribution is 2.33. The van der Waals surface area contributed by atoms with Gasteiger partial charge in [0.1, 0.15) is 6.04 Å². The second-order valence-corrected chi connectivity index (χ2v) is 3.80. The molecule has 1 aromatic rings. The summed E-state index contributed by atoms with van der Waals surface area (Å²) in [5, 5.41) is 8.96. The Morgan fingerprint density at radius 3 is 3.00 bits per heavy atom. The molecule has 0 radical (unpaired) electrons. The second kappa shape index (κ2) is 3.46. The zero-order valence-corrected chi connectivity index (χ0v) is 8.60. The molecule has 0 saturated carbocycles. The minimum atomic E-state index is -0.801. The van der Waals surface area contributed by atoms with Gasteiger partial charge >= 0.3 is 5.97 Å². The number of nitrogens with zero attached hydrogens (tertiary/aromatic N) is 1. The number of hydrogen-bond donors (Lipinski definition) is 2. The van der Waals surface area contributed by atoms with E-state index in [9.17, 15) is 4.79 Å². The van der Waals surface area contributed by atoms with Gasteiger partial charge in [0.15, 0.2) is 0 Å². The van der Waals surface area contributed by atoms with Crippen molar-refractivity contribution in [2.45, 2.75) is 19.4 Å². The summed E-state index contributed by atoms with van der Waals surface area (Å²) in [6.45, 7) is 2.43. The van der Waals surface area contributed by atoms with Crippen molar-refractivity contribution in [3.05, 3.63) is 23.8 Å². The number of aliphatic carboxylic acids is 1. The quantitative estimate of drug-likeness (QED) is 0.711. The zero-order valence-electron chi connectivity index (χ0n) is 8.60. The number of fused-ring (bicyclic) bond motifs is 1. The van der Waals surface area contributed by atoms with Crippen LogP contribution in [0, 0.1) is 0 Å². The summed E-state index contributed by atoms with van der Waals surface area (Å²) >= 11 is 0. The lowest BCUT2D eigenvalue weighted by Crippen LogP contribution is -2.37. The van der Waals surface area contributed by atoms with E-state index in [-0.39, 0.29) is 0 Å². The molecule has 0 spiro atoms. The Labute approximate surface area is 88.3 Å². The summed E-state index contributed by atoms with van der Waals surface area (Å²) in [5.74, 6) is -0.801. The van der Waals surface area contributed by atoms with Crippen LogP contribution in [0.4, 0.5) is 11.4 Å². The SMILES string of the molecule is CC(C(=O)O)N1CCc2c(N)cccc21. The molecule has 0 aromatic heterocycles. The Bertz CT molecular complexity index is 404. The van der Waals surface area contributed by atoms with Crippen LogP contribution in [0.15, 0.2) is 18.2 Å². The molecule has 1 unspecified atom stereocenters. The Hall–Kier alpha value is -1.71. The smallest absolute Gasteiger partial charge is 0.326 e. The van der Waals surface area contributed by atoms with Crippen LogP contribution >= 0.6 is 0 Å². The molecule has 3 N–H and O–H groups in total. The predicted molar refractivity (Wildman–Crippen MR) is 59.0 cm³/mol. The van der Waals surface area contributed by atoms with Crippen LogP contribution in [0.5, 0.6) is 0 Å². The van der Waals surface area contributed by atoms with Gasteiger partial charge in [0.25, 0.3) is 0 Å². The van der Waals surface area contributed by atoms with Crippen LogP contribution in [-0.2, 0) is 11.2 Å². The van der Waals surface area contributed by atoms with Gasteiger partial charge in [0, 0.05) is 23.5 Å². The monoisotopic (exact) mass is 206 g/mol. The first-order valence-electron chi connectivity index (χ1n) is 4.98. The molecule has 1 aromatic carbocycles. The van der Waals surface area contributed by atoms with Crippen molar-refractivity contribution < 1.29 is 9.90 Å². The number of nitrogens with two attached hydrogens (primary N) is 1. The zero-order chi connectivity index (χ0) is 11.0. The van der Waals surface area contributed by atoms with Gasteiger partial charge in [-0.25, -0.2) is 4.79 Å². The maximum atomic E-state index is 10.9. The highest BCUT2D eigenvalue weighted by atomic mass is 16.4. The van der Waals surface area contributed by atoms with Gasteiger partial charge in [0.05, 0.1) is 0 Å². The number of carboxylic acid groups (broad SMARTS) is 1. The molecule has 80 valence electrons.